The number of rotatable bonds is 5. The lowest BCUT2D eigenvalue weighted by molar-refractivity contribution is -0.129. The molecule has 2 fully saturated rings. The van der Waals surface area contributed by atoms with Crippen LogP contribution in [0.5, 0.6) is 0 Å². The first-order valence-corrected chi connectivity index (χ1v) is 8.60. The molecule has 0 aromatic rings. The van der Waals surface area contributed by atoms with Crippen LogP contribution < -0.4 is 5.73 Å². The van der Waals surface area contributed by atoms with Crippen molar-refractivity contribution in [2.45, 2.75) is 31.7 Å². The Kier molecular flexibility index (Phi) is 6.59. The summed E-state index contributed by atoms with van der Waals surface area (Å²) in [6, 6.07) is 0.389. The second-order valence-electron chi connectivity index (χ2n) is 7.00. The van der Waals surface area contributed by atoms with Crippen LogP contribution >= 0.6 is 0 Å². The van der Waals surface area contributed by atoms with Crippen molar-refractivity contribution in [3.05, 3.63) is 12.2 Å². The van der Waals surface area contributed by atoms with Gasteiger partial charge in [0, 0.05) is 31.8 Å². The molecular weight excluding hydrogens is 292 g/mol. The molecule has 2 N–H and O–H groups in total. The Morgan fingerprint density at radius 3 is 2.70 bits per heavy atom. The minimum atomic E-state index is -0.254. The minimum Gasteiger partial charge on any atom is -0.369 e. The monoisotopic (exact) mass is 322 g/mol. The molecule has 0 radical (unpaired) electrons. The number of carbonyl (C=O) groups is 2. The normalized spacial score (nSPS) is 26.3. The average molecular weight is 322 g/mol. The molecular formula is C17H30N4O2. The number of piperidine rings is 1. The third-order valence-electron chi connectivity index (χ3n) is 4.83. The number of hydrogen-bond acceptors (Lipinski definition) is 4. The summed E-state index contributed by atoms with van der Waals surface area (Å²) in [4.78, 5) is 29.9. The Morgan fingerprint density at radius 2 is 2.00 bits per heavy atom. The van der Waals surface area contributed by atoms with E-state index in [9.17, 15) is 9.59 Å². The number of amides is 2. The van der Waals surface area contributed by atoms with Crippen molar-refractivity contribution in [3.8, 4) is 0 Å². The predicted octanol–water partition coefficient (Wildman–Crippen LogP) is 0.293. The highest BCUT2D eigenvalue weighted by Crippen LogP contribution is 2.29. The van der Waals surface area contributed by atoms with E-state index in [4.69, 9.17) is 5.73 Å². The number of likely N-dealkylation sites (N-methyl/N-ethyl adjacent to an activating group) is 1. The molecule has 2 saturated heterocycles. The van der Waals surface area contributed by atoms with E-state index in [1.165, 1.54) is 0 Å². The zero-order chi connectivity index (χ0) is 16.8. The number of hydrogen-bond donors (Lipinski definition) is 1. The van der Waals surface area contributed by atoms with Gasteiger partial charge in [-0.15, -0.1) is 0 Å². The highest BCUT2D eigenvalue weighted by atomic mass is 16.2. The van der Waals surface area contributed by atoms with Crippen molar-refractivity contribution < 1.29 is 9.59 Å². The third kappa shape index (κ3) is 5.32. The van der Waals surface area contributed by atoms with E-state index < -0.39 is 0 Å². The van der Waals surface area contributed by atoms with Crippen molar-refractivity contribution >= 4 is 11.8 Å². The lowest BCUT2D eigenvalue weighted by Crippen LogP contribution is -2.53. The van der Waals surface area contributed by atoms with E-state index in [0.717, 1.165) is 51.9 Å². The molecule has 6 nitrogen and oxygen atoms in total. The van der Waals surface area contributed by atoms with Gasteiger partial charge in [-0.1, -0.05) is 12.5 Å². The van der Waals surface area contributed by atoms with Crippen LogP contribution in [0.15, 0.2) is 12.2 Å². The van der Waals surface area contributed by atoms with Gasteiger partial charge in [0.15, 0.2) is 0 Å². The van der Waals surface area contributed by atoms with Crippen LogP contribution in [-0.2, 0) is 9.59 Å². The number of likely N-dealkylation sites (tertiary alicyclic amines) is 2. The van der Waals surface area contributed by atoms with Crippen molar-refractivity contribution in [2.75, 3.05) is 46.8 Å². The van der Waals surface area contributed by atoms with Gasteiger partial charge in [-0.05, 0) is 45.8 Å². The van der Waals surface area contributed by atoms with Gasteiger partial charge in [0.05, 0.1) is 6.54 Å². The smallest absolute Gasteiger partial charge is 0.246 e. The van der Waals surface area contributed by atoms with Gasteiger partial charge in [-0.3, -0.25) is 14.5 Å². The van der Waals surface area contributed by atoms with Crippen LogP contribution in [0.2, 0.25) is 0 Å². The maximum atomic E-state index is 12.3. The Balaban J connectivity index is 1.95. The van der Waals surface area contributed by atoms with Gasteiger partial charge in [0.2, 0.25) is 11.8 Å². The van der Waals surface area contributed by atoms with Gasteiger partial charge in [0.25, 0.3) is 0 Å². The molecule has 0 aromatic carbocycles. The van der Waals surface area contributed by atoms with Gasteiger partial charge in [-0.25, -0.2) is 0 Å². The molecule has 6 heteroatoms. The van der Waals surface area contributed by atoms with E-state index in [2.05, 4.69) is 4.90 Å². The highest BCUT2D eigenvalue weighted by molar-refractivity contribution is 5.87. The van der Waals surface area contributed by atoms with Crippen LogP contribution in [0.1, 0.15) is 25.7 Å². The minimum absolute atomic E-state index is 0.107. The molecule has 2 aliphatic rings. The van der Waals surface area contributed by atoms with Gasteiger partial charge >= 0.3 is 0 Å². The van der Waals surface area contributed by atoms with Crippen LogP contribution in [0.25, 0.3) is 0 Å². The molecule has 23 heavy (non-hydrogen) atoms. The summed E-state index contributed by atoms with van der Waals surface area (Å²) < 4.78 is 0. The first kappa shape index (κ1) is 17.9. The summed E-state index contributed by atoms with van der Waals surface area (Å²) in [5.41, 5.74) is 5.39. The summed E-state index contributed by atoms with van der Waals surface area (Å²) >= 11 is 0. The SMILES string of the molecule is CN(C)C/C=C/C(=O)N1CC[C@@H]2[C@@H](CCCCN2CC(N)=O)C1. The van der Waals surface area contributed by atoms with Gasteiger partial charge < -0.3 is 15.5 Å². The summed E-state index contributed by atoms with van der Waals surface area (Å²) in [5.74, 6) is 0.309. The molecule has 0 saturated carbocycles. The quantitative estimate of drug-likeness (QED) is 0.739. The van der Waals surface area contributed by atoms with Crippen molar-refractivity contribution in [1.82, 2.24) is 14.7 Å². The molecule has 2 heterocycles. The topological polar surface area (TPSA) is 69.9 Å². The molecule has 0 spiro atoms. The maximum Gasteiger partial charge on any atom is 0.246 e. The van der Waals surface area contributed by atoms with E-state index in [-0.39, 0.29) is 11.8 Å². The standard InChI is InChI=1S/C17H30N4O2/c1-19(2)9-5-7-17(23)21-11-8-15-14(12-21)6-3-4-10-20(15)13-16(18)22/h5,7,14-15H,3-4,6,8-13H2,1-2H3,(H2,18,22)/b7-5+/t14-,15+/m0/s1. The third-order valence-corrected chi connectivity index (χ3v) is 4.83. The fourth-order valence-corrected chi connectivity index (χ4v) is 3.74. The van der Waals surface area contributed by atoms with Crippen molar-refractivity contribution in [3.63, 3.8) is 0 Å². The van der Waals surface area contributed by atoms with Gasteiger partial charge in [0.1, 0.15) is 0 Å². The first-order valence-electron chi connectivity index (χ1n) is 8.60. The first-order chi connectivity index (χ1) is 11.0. The van der Waals surface area contributed by atoms with Crippen LogP contribution in [0.3, 0.4) is 0 Å². The molecule has 130 valence electrons. The average Bonchev–Trinajstić information content (AvgIpc) is 2.68. The molecule has 2 amide bonds. The van der Waals surface area contributed by atoms with E-state index in [0.29, 0.717) is 18.5 Å². The predicted molar refractivity (Wildman–Crippen MR) is 90.8 cm³/mol. The fourth-order valence-electron chi connectivity index (χ4n) is 3.74. The Bertz CT molecular complexity index is 450. The summed E-state index contributed by atoms with van der Waals surface area (Å²) in [7, 11) is 3.97. The molecule has 2 aliphatic heterocycles. The maximum absolute atomic E-state index is 12.3. The zero-order valence-corrected chi connectivity index (χ0v) is 14.4. The molecule has 0 aromatic heterocycles. The molecule has 0 bridgehead atoms. The van der Waals surface area contributed by atoms with E-state index >= 15 is 0 Å². The van der Waals surface area contributed by atoms with Crippen LogP contribution in [0, 0.1) is 5.92 Å². The zero-order valence-electron chi connectivity index (χ0n) is 14.4. The Hall–Kier alpha value is -1.40. The fraction of sp³-hybridized carbons (Fsp3) is 0.765. The number of nitrogens with two attached hydrogens (primary N) is 1. The Labute approximate surface area is 139 Å². The second-order valence-corrected chi connectivity index (χ2v) is 7.00. The lowest BCUT2D eigenvalue weighted by atomic mass is 9.88. The van der Waals surface area contributed by atoms with Crippen molar-refractivity contribution in [2.24, 2.45) is 11.7 Å². The Morgan fingerprint density at radius 1 is 1.22 bits per heavy atom. The number of carbonyl (C=O) groups excluding carboxylic acids is 2. The molecule has 2 atom stereocenters. The molecule has 0 aliphatic carbocycles. The number of fused-ring (bicyclic) bond motifs is 1. The highest BCUT2D eigenvalue weighted by Gasteiger charge is 2.35. The van der Waals surface area contributed by atoms with E-state index in [1.54, 1.807) is 6.08 Å². The van der Waals surface area contributed by atoms with Crippen LogP contribution in [0.4, 0.5) is 0 Å². The van der Waals surface area contributed by atoms with Crippen molar-refractivity contribution in [1.29, 1.82) is 0 Å². The second kappa shape index (κ2) is 8.45. The van der Waals surface area contributed by atoms with E-state index in [1.807, 2.05) is 30.0 Å². The molecule has 0 unspecified atom stereocenters. The number of primary amides is 1. The summed E-state index contributed by atoms with van der Waals surface area (Å²) in [6.07, 6.45) is 7.95. The van der Waals surface area contributed by atoms with Gasteiger partial charge in [-0.2, -0.15) is 0 Å². The molecule has 2 rings (SSSR count). The summed E-state index contributed by atoms with van der Waals surface area (Å²) in [5, 5.41) is 0. The lowest BCUT2D eigenvalue weighted by Gasteiger charge is -2.42. The van der Waals surface area contributed by atoms with Crippen LogP contribution in [-0.4, -0.2) is 79.4 Å². The largest absolute Gasteiger partial charge is 0.369 e. The number of nitrogens with zero attached hydrogens (tertiary/aromatic N) is 3. The summed E-state index contributed by atoms with van der Waals surface area (Å²) in [6.45, 7) is 3.63.